The van der Waals surface area contributed by atoms with Crippen molar-refractivity contribution >= 4 is 27.3 Å². The van der Waals surface area contributed by atoms with Gasteiger partial charge in [0.25, 0.3) is 0 Å². The van der Waals surface area contributed by atoms with Crippen LogP contribution in [0.5, 0.6) is 5.88 Å². The van der Waals surface area contributed by atoms with E-state index in [4.69, 9.17) is 10.00 Å². The summed E-state index contributed by atoms with van der Waals surface area (Å²) in [5, 5.41) is 12.2. The van der Waals surface area contributed by atoms with Gasteiger partial charge in [0.1, 0.15) is 6.07 Å². The first-order chi connectivity index (χ1) is 8.74. The zero-order valence-corrected chi connectivity index (χ0v) is 11.2. The van der Waals surface area contributed by atoms with E-state index in [2.05, 4.69) is 32.3 Å². The first-order valence-corrected chi connectivity index (χ1v) is 5.99. The second-order valence-electron chi connectivity index (χ2n) is 3.49. The first-order valence-electron chi connectivity index (χ1n) is 5.20. The van der Waals surface area contributed by atoms with E-state index in [1.54, 1.807) is 19.4 Å². The number of rotatable bonds is 3. The molecule has 1 aromatic carbocycles. The molecule has 0 saturated carbocycles. The van der Waals surface area contributed by atoms with E-state index >= 15 is 0 Å². The number of hydrogen-bond donors (Lipinski definition) is 1. The van der Waals surface area contributed by atoms with Crippen molar-refractivity contribution in [3.63, 3.8) is 0 Å². The zero-order chi connectivity index (χ0) is 13.0. The van der Waals surface area contributed by atoms with Gasteiger partial charge in [0.2, 0.25) is 5.88 Å². The summed E-state index contributed by atoms with van der Waals surface area (Å²) >= 11 is 3.35. The highest BCUT2D eigenvalue weighted by Crippen LogP contribution is 2.26. The first kappa shape index (κ1) is 12.4. The maximum atomic E-state index is 9.10. The summed E-state index contributed by atoms with van der Waals surface area (Å²) < 4.78 is 5.75. The van der Waals surface area contributed by atoms with Gasteiger partial charge < -0.3 is 10.1 Å². The van der Waals surface area contributed by atoms with Crippen LogP contribution >= 0.6 is 15.9 Å². The van der Waals surface area contributed by atoms with Crippen molar-refractivity contribution in [1.29, 1.82) is 5.26 Å². The number of hydrogen-bond acceptors (Lipinski definition) is 4. The third-order valence-corrected chi connectivity index (χ3v) is 3.01. The van der Waals surface area contributed by atoms with Crippen LogP contribution in [0.15, 0.2) is 41.0 Å². The lowest BCUT2D eigenvalue weighted by Gasteiger charge is -2.09. The highest BCUT2D eigenvalue weighted by atomic mass is 79.9. The molecule has 1 heterocycles. The number of halogens is 1. The summed E-state index contributed by atoms with van der Waals surface area (Å²) in [6, 6.07) is 11.3. The number of nitriles is 1. The molecule has 18 heavy (non-hydrogen) atoms. The Hall–Kier alpha value is -2.06. The van der Waals surface area contributed by atoms with E-state index in [0.717, 1.165) is 15.8 Å². The molecule has 0 unspecified atom stereocenters. The SMILES string of the molecule is COc1ccc(Nc2cccc(Br)c2C#N)cn1. The van der Waals surface area contributed by atoms with E-state index in [1.165, 1.54) is 0 Å². The fourth-order valence-corrected chi connectivity index (χ4v) is 1.93. The third kappa shape index (κ3) is 2.60. The lowest BCUT2D eigenvalue weighted by Crippen LogP contribution is -1.95. The average Bonchev–Trinajstić information content (AvgIpc) is 2.40. The van der Waals surface area contributed by atoms with Gasteiger partial charge in [-0.2, -0.15) is 5.26 Å². The molecular formula is C13H10BrN3O. The zero-order valence-electron chi connectivity index (χ0n) is 9.64. The molecule has 2 aromatic rings. The van der Waals surface area contributed by atoms with Crippen LogP contribution in [0.2, 0.25) is 0 Å². The van der Waals surface area contributed by atoms with Crippen LogP contribution in [0, 0.1) is 11.3 Å². The minimum Gasteiger partial charge on any atom is -0.481 e. The number of pyridine rings is 1. The predicted molar refractivity (Wildman–Crippen MR) is 72.9 cm³/mol. The Kier molecular flexibility index (Phi) is 3.80. The van der Waals surface area contributed by atoms with Gasteiger partial charge in [-0.1, -0.05) is 6.07 Å². The van der Waals surface area contributed by atoms with Gasteiger partial charge in [-0.3, -0.25) is 0 Å². The van der Waals surface area contributed by atoms with E-state index in [-0.39, 0.29) is 0 Å². The summed E-state index contributed by atoms with van der Waals surface area (Å²) in [6.45, 7) is 0. The van der Waals surface area contributed by atoms with Gasteiger partial charge >= 0.3 is 0 Å². The molecule has 90 valence electrons. The van der Waals surface area contributed by atoms with Gasteiger partial charge in [0, 0.05) is 10.5 Å². The summed E-state index contributed by atoms with van der Waals surface area (Å²) in [7, 11) is 1.57. The number of aromatic nitrogens is 1. The Balaban J connectivity index is 2.28. The fraction of sp³-hybridized carbons (Fsp3) is 0.0769. The van der Waals surface area contributed by atoms with Crippen LogP contribution in [0.4, 0.5) is 11.4 Å². The monoisotopic (exact) mass is 303 g/mol. The molecule has 0 aliphatic rings. The highest BCUT2D eigenvalue weighted by Gasteiger charge is 2.06. The normalized spacial score (nSPS) is 9.61. The molecule has 0 fully saturated rings. The third-order valence-electron chi connectivity index (χ3n) is 2.35. The maximum absolute atomic E-state index is 9.10. The quantitative estimate of drug-likeness (QED) is 0.943. The Morgan fingerprint density at radius 2 is 2.17 bits per heavy atom. The van der Waals surface area contributed by atoms with Gasteiger partial charge in [0.05, 0.1) is 30.2 Å². The Bertz CT molecular complexity index is 590. The van der Waals surface area contributed by atoms with Gasteiger partial charge in [-0.15, -0.1) is 0 Å². The Morgan fingerprint density at radius 1 is 1.33 bits per heavy atom. The van der Waals surface area contributed by atoms with Gasteiger partial charge in [-0.05, 0) is 34.1 Å². The lowest BCUT2D eigenvalue weighted by atomic mass is 10.2. The number of nitrogens with zero attached hydrogens (tertiary/aromatic N) is 2. The second kappa shape index (κ2) is 5.52. The number of nitrogens with one attached hydrogen (secondary N) is 1. The van der Waals surface area contributed by atoms with Crippen LogP contribution in [-0.4, -0.2) is 12.1 Å². The van der Waals surface area contributed by atoms with Crippen LogP contribution in [0.25, 0.3) is 0 Å². The van der Waals surface area contributed by atoms with Crippen molar-refractivity contribution in [2.75, 3.05) is 12.4 Å². The smallest absolute Gasteiger partial charge is 0.213 e. The summed E-state index contributed by atoms with van der Waals surface area (Å²) in [4.78, 5) is 4.09. The molecule has 1 aromatic heterocycles. The van der Waals surface area contributed by atoms with Crippen LogP contribution in [0.1, 0.15) is 5.56 Å². The maximum Gasteiger partial charge on any atom is 0.213 e. The topological polar surface area (TPSA) is 57.9 Å². The molecular weight excluding hydrogens is 294 g/mol. The largest absolute Gasteiger partial charge is 0.481 e. The van der Waals surface area contributed by atoms with Gasteiger partial charge in [-0.25, -0.2) is 4.98 Å². The van der Waals surface area contributed by atoms with Crippen molar-refractivity contribution in [2.24, 2.45) is 0 Å². The molecule has 1 N–H and O–H groups in total. The molecule has 0 radical (unpaired) electrons. The van der Waals surface area contributed by atoms with E-state index < -0.39 is 0 Å². The summed E-state index contributed by atoms with van der Waals surface area (Å²) in [5.41, 5.74) is 2.09. The molecule has 0 spiro atoms. The molecule has 0 amide bonds. The van der Waals surface area contributed by atoms with Crippen LogP contribution < -0.4 is 10.1 Å². The minimum absolute atomic E-state index is 0.551. The summed E-state index contributed by atoms with van der Waals surface area (Å²) in [5.74, 6) is 0.551. The van der Waals surface area contributed by atoms with Crippen LogP contribution in [-0.2, 0) is 0 Å². The predicted octanol–water partition coefficient (Wildman–Crippen LogP) is 3.47. The standard InChI is InChI=1S/C13H10BrN3O/c1-18-13-6-5-9(8-16-13)17-12-4-2-3-11(14)10(12)7-15/h2-6,8,17H,1H3. The number of methoxy groups -OCH3 is 1. The van der Waals surface area contributed by atoms with Crippen molar-refractivity contribution in [1.82, 2.24) is 4.98 Å². The number of ether oxygens (including phenoxy) is 1. The van der Waals surface area contributed by atoms with Crippen molar-refractivity contribution in [3.05, 3.63) is 46.6 Å². The number of anilines is 2. The number of benzene rings is 1. The molecule has 2 rings (SSSR count). The average molecular weight is 304 g/mol. The van der Waals surface area contributed by atoms with Gasteiger partial charge in [0.15, 0.2) is 0 Å². The Morgan fingerprint density at radius 3 is 2.78 bits per heavy atom. The lowest BCUT2D eigenvalue weighted by molar-refractivity contribution is 0.398. The van der Waals surface area contributed by atoms with Crippen molar-refractivity contribution in [3.8, 4) is 11.9 Å². The fourth-order valence-electron chi connectivity index (χ4n) is 1.47. The van der Waals surface area contributed by atoms with E-state index in [1.807, 2.05) is 24.3 Å². The van der Waals surface area contributed by atoms with Crippen molar-refractivity contribution in [2.45, 2.75) is 0 Å². The molecule has 0 atom stereocenters. The van der Waals surface area contributed by atoms with Crippen molar-refractivity contribution < 1.29 is 4.74 Å². The highest BCUT2D eigenvalue weighted by molar-refractivity contribution is 9.10. The van der Waals surface area contributed by atoms with E-state index in [0.29, 0.717) is 11.4 Å². The molecule has 0 saturated heterocycles. The van der Waals surface area contributed by atoms with Crippen LogP contribution in [0.3, 0.4) is 0 Å². The van der Waals surface area contributed by atoms with E-state index in [9.17, 15) is 0 Å². The molecule has 0 bridgehead atoms. The second-order valence-corrected chi connectivity index (χ2v) is 4.34. The Labute approximate surface area is 113 Å². The molecule has 0 aliphatic carbocycles. The minimum atomic E-state index is 0.551. The molecule has 5 heteroatoms. The molecule has 4 nitrogen and oxygen atoms in total. The molecule has 0 aliphatic heterocycles. The summed E-state index contributed by atoms with van der Waals surface area (Å²) in [6.07, 6.45) is 1.65.